The van der Waals surface area contributed by atoms with Crippen molar-refractivity contribution in [3.8, 4) is 39.8 Å². The van der Waals surface area contributed by atoms with Crippen LogP contribution in [0, 0.1) is 11.7 Å². The monoisotopic (exact) mass is 534 g/mol. The zero-order valence-corrected chi connectivity index (χ0v) is 21.4. The molecule has 1 aliphatic carbocycles. The Bertz CT molecular complexity index is 1910. The second kappa shape index (κ2) is 9.53. The van der Waals surface area contributed by atoms with E-state index in [0.29, 0.717) is 50.9 Å². The highest BCUT2D eigenvalue weighted by Gasteiger charge is 2.25. The number of methoxy groups -OCH3 is 1. The third-order valence-electron chi connectivity index (χ3n) is 7.19. The predicted molar refractivity (Wildman–Crippen MR) is 148 cm³/mol. The number of anilines is 1. The van der Waals surface area contributed by atoms with Crippen LogP contribution in [0.25, 0.3) is 56.1 Å². The molecule has 3 N–H and O–H groups in total. The van der Waals surface area contributed by atoms with Crippen molar-refractivity contribution in [2.24, 2.45) is 5.92 Å². The third-order valence-corrected chi connectivity index (χ3v) is 7.19. The molecule has 0 radical (unpaired) electrons. The molecule has 1 aromatic carbocycles. The van der Waals surface area contributed by atoms with E-state index < -0.39 is 5.82 Å². The Labute approximate surface area is 227 Å². The number of rotatable bonds is 6. The molecule has 198 valence electrons. The first-order valence-electron chi connectivity index (χ1n) is 12.9. The number of fused-ring (bicyclic) bond motifs is 2. The van der Waals surface area contributed by atoms with E-state index in [9.17, 15) is 9.18 Å². The Balaban J connectivity index is 1.26. The van der Waals surface area contributed by atoms with E-state index in [-0.39, 0.29) is 11.8 Å². The van der Waals surface area contributed by atoms with E-state index in [1.807, 2.05) is 18.2 Å². The first-order chi connectivity index (χ1) is 19.6. The number of hydrogen-bond donors (Lipinski definition) is 3. The first kappa shape index (κ1) is 23.9. The fourth-order valence-corrected chi connectivity index (χ4v) is 4.86. The minimum absolute atomic E-state index is 0.0289. The molecule has 1 saturated carbocycles. The quantitative estimate of drug-likeness (QED) is 0.256. The minimum Gasteiger partial charge on any atom is -0.497 e. The van der Waals surface area contributed by atoms with Crippen molar-refractivity contribution >= 4 is 33.7 Å². The molecule has 1 aliphatic rings. The number of carbonyl (C=O) groups is 1. The van der Waals surface area contributed by atoms with Gasteiger partial charge in [0.05, 0.1) is 41.4 Å². The molecule has 1 amide bonds. The van der Waals surface area contributed by atoms with E-state index in [1.54, 1.807) is 30.7 Å². The number of halogens is 1. The van der Waals surface area contributed by atoms with Crippen LogP contribution in [-0.4, -0.2) is 48.1 Å². The Morgan fingerprint density at radius 1 is 1.00 bits per heavy atom. The summed E-state index contributed by atoms with van der Waals surface area (Å²) >= 11 is 0. The molecule has 0 aliphatic heterocycles. The van der Waals surface area contributed by atoms with Crippen molar-refractivity contribution < 1.29 is 13.9 Å². The Hall–Kier alpha value is -5.19. The van der Waals surface area contributed by atoms with Crippen LogP contribution in [0.15, 0.2) is 61.1 Å². The molecule has 0 atom stereocenters. The molecular formula is C29H23FN8O2. The van der Waals surface area contributed by atoms with E-state index in [1.165, 1.54) is 19.2 Å². The predicted octanol–water partition coefficient (Wildman–Crippen LogP) is 5.51. The van der Waals surface area contributed by atoms with Crippen LogP contribution in [0.3, 0.4) is 0 Å². The average Bonchev–Trinajstić information content (AvgIpc) is 3.55. The van der Waals surface area contributed by atoms with Gasteiger partial charge >= 0.3 is 0 Å². The molecule has 7 rings (SSSR count). The van der Waals surface area contributed by atoms with Crippen LogP contribution in [-0.2, 0) is 4.79 Å². The Morgan fingerprint density at radius 2 is 1.88 bits per heavy atom. The van der Waals surface area contributed by atoms with Crippen LogP contribution in [0.1, 0.15) is 19.3 Å². The van der Waals surface area contributed by atoms with Gasteiger partial charge in [-0.1, -0.05) is 6.42 Å². The first-order valence-corrected chi connectivity index (χ1v) is 12.9. The number of benzene rings is 1. The van der Waals surface area contributed by atoms with Crippen LogP contribution < -0.4 is 10.1 Å². The zero-order chi connectivity index (χ0) is 27.2. The molecule has 5 heterocycles. The second-order valence-electron chi connectivity index (χ2n) is 9.77. The summed E-state index contributed by atoms with van der Waals surface area (Å²) in [4.78, 5) is 34.1. The molecule has 0 bridgehead atoms. The fraction of sp³-hybridized carbons (Fsp3) is 0.172. The molecule has 11 heteroatoms. The highest BCUT2D eigenvalue weighted by molar-refractivity contribution is 5.96. The molecule has 10 nitrogen and oxygen atoms in total. The maximum absolute atomic E-state index is 14.2. The number of pyridine rings is 3. The number of H-pyrrole nitrogens is 2. The largest absolute Gasteiger partial charge is 0.497 e. The lowest BCUT2D eigenvalue weighted by molar-refractivity contribution is -0.122. The van der Waals surface area contributed by atoms with Gasteiger partial charge in [-0.15, -0.1) is 0 Å². The summed E-state index contributed by atoms with van der Waals surface area (Å²) in [7, 11) is 1.49. The number of aromatic nitrogens is 7. The second-order valence-corrected chi connectivity index (χ2v) is 9.77. The van der Waals surface area contributed by atoms with E-state index in [0.717, 1.165) is 35.9 Å². The molecule has 5 aromatic heterocycles. The van der Waals surface area contributed by atoms with Gasteiger partial charge in [-0.2, -0.15) is 5.10 Å². The van der Waals surface area contributed by atoms with Gasteiger partial charge < -0.3 is 15.0 Å². The average molecular weight is 535 g/mol. The van der Waals surface area contributed by atoms with Crippen molar-refractivity contribution in [1.82, 2.24) is 35.1 Å². The van der Waals surface area contributed by atoms with Gasteiger partial charge in [-0.05, 0) is 49.2 Å². The maximum atomic E-state index is 14.2. The van der Waals surface area contributed by atoms with Crippen molar-refractivity contribution in [3.63, 3.8) is 0 Å². The standard InChI is InChI=1S/C29H23FN8O2/c1-40-20-11-16(9-18(30)12-20)24-25-22(7-8-32-24)35-28(36-25)27-26-23(37-38-27)6-5-21(34-26)17-10-19(14-31-13-17)33-29(39)15-3-2-4-15/h5-15H,2-4H2,1H3,(H,33,39)(H,35,36)(H,37,38). The van der Waals surface area contributed by atoms with Crippen molar-refractivity contribution in [2.45, 2.75) is 19.3 Å². The van der Waals surface area contributed by atoms with E-state index in [2.05, 4.69) is 30.5 Å². The van der Waals surface area contributed by atoms with Crippen LogP contribution in [0.5, 0.6) is 5.75 Å². The van der Waals surface area contributed by atoms with Gasteiger partial charge in [-0.25, -0.2) is 14.4 Å². The SMILES string of the molecule is COc1cc(F)cc(-c2nccc3[nH]c(-c4n[nH]c5ccc(-c6cncc(NC(=O)C7CCC7)c6)nc45)nc23)c1. The Morgan fingerprint density at radius 3 is 2.70 bits per heavy atom. The molecule has 40 heavy (non-hydrogen) atoms. The smallest absolute Gasteiger partial charge is 0.227 e. The number of amides is 1. The fourth-order valence-electron chi connectivity index (χ4n) is 4.86. The van der Waals surface area contributed by atoms with Gasteiger partial charge in [0.15, 0.2) is 11.5 Å². The zero-order valence-electron chi connectivity index (χ0n) is 21.4. The van der Waals surface area contributed by atoms with E-state index >= 15 is 0 Å². The number of carbonyl (C=O) groups excluding carboxylic acids is 1. The number of hydrogen-bond acceptors (Lipinski definition) is 7. The third kappa shape index (κ3) is 4.21. The number of nitrogens with one attached hydrogen (secondary N) is 3. The van der Waals surface area contributed by atoms with Crippen LogP contribution in [0.4, 0.5) is 10.1 Å². The number of aromatic amines is 2. The number of imidazole rings is 1. The highest BCUT2D eigenvalue weighted by atomic mass is 19.1. The van der Waals surface area contributed by atoms with Gasteiger partial charge in [0.25, 0.3) is 0 Å². The summed E-state index contributed by atoms with van der Waals surface area (Å²) in [6, 6.07) is 11.9. The summed E-state index contributed by atoms with van der Waals surface area (Å²) in [5.74, 6) is 0.555. The summed E-state index contributed by atoms with van der Waals surface area (Å²) in [6.07, 6.45) is 7.93. The lowest BCUT2D eigenvalue weighted by atomic mass is 9.85. The number of nitrogens with zero attached hydrogens (tertiary/aromatic N) is 5. The maximum Gasteiger partial charge on any atom is 0.227 e. The van der Waals surface area contributed by atoms with Crippen molar-refractivity contribution in [3.05, 3.63) is 66.9 Å². The summed E-state index contributed by atoms with van der Waals surface area (Å²) in [5, 5.41) is 10.5. The molecule has 1 fully saturated rings. The molecule has 0 unspecified atom stereocenters. The lowest BCUT2D eigenvalue weighted by Gasteiger charge is -2.24. The number of ether oxygens (including phenoxy) is 1. The van der Waals surface area contributed by atoms with Crippen LogP contribution >= 0.6 is 0 Å². The topological polar surface area (TPSA) is 134 Å². The van der Waals surface area contributed by atoms with Crippen LogP contribution in [0.2, 0.25) is 0 Å². The molecule has 0 saturated heterocycles. The summed E-state index contributed by atoms with van der Waals surface area (Å²) in [6.45, 7) is 0. The van der Waals surface area contributed by atoms with Crippen molar-refractivity contribution in [1.29, 1.82) is 0 Å². The van der Waals surface area contributed by atoms with Gasteiger partial charge in [0.1, 0.15) is 22.6 Å². The van der Waals surface area contributed by atoms with Gasteiger partial charge in [0, 0.05) is 35.5 Å². The summed E-state index contributed by atoms with van der Waals surface area (Å²) < 4.78 is 19.5. The lowest BCUT2D eigenvalue weighted by Crippen LogP contribution is -2.28. The minimum atomic E-state index is -0.430. The molecule has 6 aromatic rings. The molecular weight excluding hydrogens is 511 g/mol. The highest BCUT2D eigenvalue weighted by Crippen LogP contribution is 2.33. The van der Waals surface area contributed by atoms with E-state index in [4.69, 9.17) is 14.7 Å². The summed E-state index contributed by atoms with van der Waals surface area (Å²) in [5.41, 5.74) is 6.28. The normalized spacial score (nSPS) is 13.4. The molecule has 0 spiro atoms. The van der Waals surface area contributed by atoms with Crippen molar-refractivity contribution in [2.75, 3.05) is 12.4 Å². The Kier molecular flexibility index (Phi) is 5.69. The van der Waals surface area contributed by atoms with Gasteiger partial charge in [0.2, 0.25) is 5.91 Å². The van der Waals surface area contributed by atoms with Gasteiger partial charge in [-0.3, -0.25) is 19.9 Å².